The van der Waals surface area contributed by atoms with Crippen molar-refractivity contribution in [3.63, 3.8) is 0 Å². The van der Waals surface area contributed by atoms with Gasteiger partial charge in [0.05, 0.1) is 0 Å². The molecular weight excluding hydrogens is 216 g/mol. The number of hydrogen-bond acceptors (Lipinski definition) is 0. The average Bonchev–Trinajstić information content (AvgIpc) is 3.26. The van der Waals surface area contributed by atoms with E-state index in [0.29, 0.717) is 0 Å². The summed E-state index contributed by atoms with van der Waals surface area (Å²) in [7, 11) is 0. The highest BCUT2D eigenvalue weighted by Gasteiger charge is 2.43. The maximum absolute atomic E-state index is 4.45. The molecule has 4 aliphatic carbocycles. The Morgan fingerprint density at radius 3 is 2.22 bits per heavy atom. The minimum absolute atomic E-state index is 0.908. The second-order valence-corrected chi connectivity index (χ2v) is 7.90. The summed E-state index contributed by atoms with van der Waals surface area (Å²) in [6.45, 7) is 4.45. The Balaban J connectivity index is 1.23. The summed E-state index contributed by atoms with van der Waals surface area (Å²) in [5, 5.41) is 0. The summed E-state index contributed by atoms with van der Waals surface area (Å²) in [5.74, 6) is 6.53. The Bertz CT molecular complexity index is 342. The third kappa shape index (κ3) is 2.28. The van der Waals surface area contributed by atoms with Crippen molar-refractivity contribution in [3.8, 4) is 0 Å². The van der Waals surface area contributed by atoms with Crippen molar-refractivity contribution < 1.29 is 0 Å². The van der Waals surface area contributed by atoms with Crippen molar-refractivity contribution in [1.29, 1.82) is 0 Å². The molecule has 4 aliphatic rings. The van der Waals surface area contributed by atoms with Gasteiger partial charge in [-0.15, -0.1) is 0 Å². The largest absolute Gasteiger partial charge is 0.0996 e. The van der Waals surface area contributed by atoms with Gasteiger partial charge in [-0.3, -0.25) is 0 Å². The van der Waals surface area contributed by atoms with E-state index in [4.69, 9.17) is 0 Å². The normalized spacial score (nSPS) is 49.1. The molecule has 0 heterocycles. The maximum atomic E-state index is 4.45. The van der Waals surface area contributed by atoms with E-state index in [1.165, 1.54) is 38.5 Å². The van der Waals surface area contributed by atoms with Crippen LogP contribution in [-0.4, -0.2) is 0 Å². The van der Waals surface area contributed by atoms with Crippen molar-refractivity contribution in [2.75, 3.05) is 0 Å². The Hall–Kier alpha value is -0.260. The van der Waals surface area contributed by atoms with Gasteiger partial charge in [0.15, 0.2) is 0 Å². The number of hydrogen-bond donors (Lipinski definition) is 0. The predicted molar refractivity (Wildman–Crippen MR) is 76.3 cm³/mol. The predicted octanol–water partition coefficient (Wildman–Crippen LogP) is 5.20. The van der Waals surface area contributed by atoms with Gasteiger partial charge in [-0.05, 0) is 93.3 Å². The van der Waals surface area contributed by atoms with Gasteiger partial charge in [0.1, 0.15) is 0 Å². The van der Waals surface area contributed by atoms with Crippen LogP contribution >= 0.6 is 0 Å². The molecule has 0 aromatic rings. The summed E-state index contributed by atoms with van der Waals surface area (Å²) < 4.78 is 0. The molecule has 0 spiro atoms. The molecule has 18 heavy (non-hydrogen) atoms. The lowest BCUT2D eigenvalue weighted by molar-refractivity contribution is 0.314. The summed E-state index contributed by atoms with van der Waals surface area (Å²) in [6, 6.07) is 0. The standard InChI is InChI=1S/C18H28/c1-12(14-6-7-16-11-18(16)9-14)2-3-13-4-5-15-10-17(15)8-13/h13-18H,1-11H2. The molecule has 0 bridgehead atoms. The maximum Gasteiger partial charge on any atom is -0.0203 e. The molecule has 0 amide bonds. The first-order valence-corrected chi connectivity index (χ1v) is 8.47. The highest BCUT2D eigenvalue weighted by molar-refractivity contribution is 5.07. The molecule has 4 rings (SSSR count). The molecule has 0 aromatic heterocycles. The highest BCUT2D eigenvalue weighted by atomic mass is 14.5. The van der Waals surface area contributed by atoms with Crippen LogP contribution in [0.15, 0.2) is 12.2 Å². The first kappa shape index (κ1) is 11.6. The van der Waals surface area contributed by atoms with Crippen LogP contribution in [0.25, 0.3) is 0 Å². The first-order valence-electron chi connectivity index (χ1n) is 8.47. The lowest BCUT2D eigenvalue weighted by atomic mass is 9.80. The smallest absolute Gasteiger partial charge is 0.0203 e. The molecule has 100 valence electrons. The number of fused-ring (bicyclic) bond motifs is 2. The second-order valence-electron chi connectivity index (χ2n) is 7.90. The van der Waals surface area contributed by atoms with Gasteiger partial charge in [-0.25, -0.2) is 0 Å². The molecule has 4 fully saturated rings. The fraction of sp³-hybridized carbons (Fsp3) is 0.889. The third-order valence-corrected chi connectivity index (χ3v) is 6.64. The monoisotopic (exact) mass is 244 g/mol. The van der Waals surface area contributed by atoms with E-state index < -0.39 is 0 Å². The van der Waals surface area contributed by atoms with Crippen LogP contribution in [0.4, 0.5) is 0 Å². The van der Waals surface area contributed by atoms with E-state index in [9.17, 15) is 0 Å². The van der Waals surface area contributed by atoms with Crippen LogP contribution < -0.4 is 0 Å². The van der Waals surface area contributed by atoms with E-state index in [-0.39, 0.29) is 0 Å². The van der Waals surface area contributed by atoms with Crippen molar-refractivity contribution >= 4 is 0 Å². The topological polar surface area (TPSA) is 0 Å². The Morgan fingerprint density at radius 1 is 0.778 bits per heavy atom. The molecular formula is C18H28. The molecule has 0 aromatic carbocycles. The summed E-state index contributed by atoms with van der Waals surface area (Å²) in [6.07, 6.45) is 15.1. The van der Waals surface area contributed by atoms with Gasteiger partial charge < -0.3 is 0 Å². The Kier molecular flexibility index (Phi) is 2.82. The zero-order chi connectivity index (χ0) is 12.1. The molecule has 6 unspecified atom stereocenters. The van der Waals surface area contributed by atoms with Crippen LogP contribution in [0.3, 0.4) is 0 Å². The molecule has 0 saturated heterocycles. The molecule has 0 N–H and O–H groups in total. The van der Waals surface area contributed by atoms with Crippen LogP contribution in [-0.2, 0) is 0 Å². The quantitative estimate of drug-likeness (QED) is 0.597. The van der Waals surface area contributed by atoms with Crippen LogP contribution in [0.1, 0.15) is 64.2 Å². The van der Waals surface area contributed by atoms with Gasteiger partial charge in [-0.2, -0.15) is 0 Å². The fourth-order valence-corrected chi connectivity index (χ4v) is 5.03. The average molecular weight is 244 g/mol. The van der Waals surface area contributed by atoms with Crippen LogP contribution in [0, 0.1) is 35.5 Å². The first-order chi connectivity index (χ1) is 8.79. The molecule has 0 radical (unpaired) electrons. The molecule has 4 saturated carbocycles. The molecule has 0 aliphatic heterocycles. The summed E-state index contributed by atoms with van der Waals surface area (Å²) >= 11 is 0. The zero-order valence-corrected chi connectivity index (χ0v) is 11.7. The van der Waals surface area contributed by atoms with Gasteiger partial charge in [0.25, 0.3) is 0 Å². The lowest BCUT2D eigenvalue weighted by Crippen LogP contribution is -2.13. The zero-order valence-electron chi connectivity index (χ0n) is 11.7. The third-order valence-electron chi connectivity index (χ3n) is 6.64. The van der Waals surface area contributed by atoms with Gasteiger partial charge in [0, 0.05) is 0 Å². The van der Waals surface area contributed by atoms with Crippen LogP contribution in [0.2, 0.25) is 0 Å². The number of rotatable bonds is 4. The SMILES string of the molecule is C=C(CCC1CCC2CC2C1)C1CCC2CC2C1. The van der Waals surface area contributed by atoms with Gasteiger partial charge >= 0.3 is 0 Å². The van der Waals surface area contributed by atoms with E-state index in [2.05, 4.69) is 6.58 Å². The summed E-state index contributed by atoms with van der Waals surface area (Å²) in [4.78, 5) is 0. The molecule has 0 nitrogen and oxygen atoms in total. The highest BCUT2D eigenvalue weighted by Crippen LogP contribution is 2.54. The Labute approximate surface area is 112 Å². The number of allylic oxidation sites excluding steroid dienone is 1. The minimum Gasteiger partial charge on any atom is -0.0996 e. The Morgan fingerprint density at radius 2 is 1.50 bits per heavy atom. The van der Waals surface area contributed by atoms with E-state index in [1.54, 1.807) is 31.3 Å². The van der Waals surface area contributed by atoms with Crippen molar-refractivity contribution in [3.05, 3.63) is 12.2 Å². The van der Waals surface area contributed by atoms with Crippen LogP contribution in [0.5, 0.6) is 0 Å². The van der Waals surface area contributed by atoms with E-state index >= 15 is 0 Å². The van der Waals surface area contributed by atoms with Gasteiger partial charge in [-0.1, -0.05) is 18.6 Å². The lowest BCUT2D eigenvalue weighted by Gasteiger charge is -2.26. The van der Waals surface area contributed by atoms with Crippen molar-refractivity contribution in [2.24, 2.45) is 35.5 Å². The molecule has 0 heteroatoms. The van der Waals surface area contributed by atoms with Gasteiger partial charge in [0.2, 0.25) is 0 Å². The van der Waals surface area contributed by atoms with E-state index in [1.807, 2.05) is 0 Å². The van der Waals surface area contributed by atoms with Crippen molar-refractivity contribution in [2.45, 2.75) is 64.2 Å². The fourth-order valence-electron chi connectivity index (χ4n) is 5.03. The molecule has 6 atom stereocenters. The second kappa shape index (κ2) is 4.39. The van der Waals surface area contributed by atoms with E-state index in [0.717, 1.165) is 35.5 Å². The van der Waals surface area contributed by atoms with Crippen molar-refractivity contribution in [1.82, 2.24) is 0 Å². The minimum atomic E-state index is 0.908. The summed E-state index contributed by atoms with van der Waals surface area (Å²) in [5.41, 5.74) is 1.62.